The van der Waals surface area contributed by atoms with Crippen LogP contribution in [0.3, 0.4) is 0 Å². The van der Waals surface area contributed by atoms with Gasteiger partial charge in [-0.05, 0) is 141 Å². The minimum Gasteiger partial charge on any atom is -0.508 e. The summed E-state index contributed by atoms with van der Waals surface area (Å²) in [6, 6.07) is 25.2. The number of rotatable bonds is 36. The number of fused-ring (bicyclic) bond motifs is 4. The first kappa shape index (κ1) is 100. The summed E-state index contributed by atoms with van der Waals surface area (Å²) < 4.78 is 118. The molecular formula is C78H80N10O38P6. The molecule has 20 N–H and O–H groups in total. The van der Waals surface area contributed by atoms with Gasteiger partial charge in [0.25, 0.3) is 11.8 Å². The molecule has 8 atom stereocenters. The van der Waals surface area contributed by atoms with Gasteiger partial charge in [-0.3, -0.25) is 46.9 Å². The number of carboxylic acid groups (broad SMARTS) is 2. The summed E-state index contributed by atoms with van der Waals surface area (Å²) in [5, 5.41) is 52.2. The predicted octanol–water partition coefficient (Wildman–Crippen LogP) is 7.17. The van der Waals surface area contributed by atoms with Crippen LogP contribution in [0.25, 0.3) is 66.8 Å². The first-order chi connectivity index (χ1) is 62.2. The van der Waals surface area contributed by atoms with Crippen LogP contribution >= 0.6 is 46.9 Å². The first-order valence-corrected chi connectivity index (χ1v) is 48.1. The van der Waals surface area contributed by atoms with Gasteiger partial charge in [0.1, 0.15) is 58.3 Å². The van der Waals surface area contributed by atoms with Gasteiger partial charge in [0.15, 0.2) is 10.9 Å². The fraction of sp³-hybridized carbons (Fsp3) is 0.282. The molecule has 4 amide bonds. The normalized spacial score (nSPS) is 16.8. The van der Waals surface area contributed by atoms with Crippen molar-refractivity contribution in [3.8, 4) is 80.1 Å². The molecule has 54 heteroatoms. The van der Waals surface area contributed by atoms with E-state index in [0.29, 0.717) is 71.6 Å². The molecule has 12 rings (SSSR count). The number of carbonyl (C=O) groups excluding carboxylic acids is 4. The number of nitrogens with one attached hydrogen (secondary N) is 4. The van der Waals surface area contributed by atoms with Gasteiger partial charge >= 0.3 is 70.3 Å². The lowest BCUT2D eigenvalue weighted by molar-refractivity contribution is -0.121. The molecule has 4 aliphatic heterocycles. The molecule has 6 aliphatic rings. The summed E-state index contributed by atoms with van der Waals surface area (Å²) in [5.41, 5.74) is 12.2. The maximum atomic E-state index is 13.2. The second-order valence-electron chi connectivity index (χ2n) is 28.9. The number of phenolic OH excluding ortho intramolecular Hbond substituents is 2. The molecule has 4 aromatic carbocycles. The summed E-state index contributed by atoms with van der Waals surface area (Å²) in [6.45, 7) is -1.12. The van der Waals surface area contributed by atoms with Gasteiger partial charge in [-0.2, -0.15) is 27.2 Å². The van der Waals surface area contributed by atoms with Crippen molar-refractivity contribution >= 4 is 116 Å². The number of phosphoric acid groups is 6. The molecule has 700 valence electrons. The molecule has 6 aromatic rings. The zero-order valence-electron chi connectivity index (χ0n) is 68.2. The molecule has 2 fully saturated rings. The van der Waals surface area contributed by atoms with Crippen LogP contribution in [-0.4, -0.2) is 166 Å². The number of unbranched alkanes of at least 4 members (excludes halogenated alkanes) is 4. The minimum atomic E-state index is -5.71. The van der Waals surface area contributed by atoms with Crippen molar-refractivity contribution in [2.24, 2.45) is 0 Å². The van der Waals surface area contributed by atoms with Gasteiger partial charge < -0.3 is 111 Å². The van der Waals surface area contributed by atoms with Crippen molar-refractivity contribution in [2.45, 2.75) is 102 Å². The molecule has 4 unspecified atom stereocenters. The fourth-order valence-corrected chi connectivity index (χ4v) is 19.6. The molecule has 2 saturated heterocycles. The smallest absolute Gasteiger partial charge is 0.490 e. The Kier molecular flexibility index (Phi) is 32.8. The number of hydrogen-bond donors (Lipinski definition) is 18. The van der Waals surface area contributed by atoms with E-state index in [0.717, 1.165) is 9.13 Å². The zero-order chi connectivity index (χ0) is 96.0. The lowest BCUT2D eigenvalue weighted by atomic mass is 9.89. The summed E-state index contributed by atoms with van der Waals surface area (Å²) >= 11 is 0. The van der Waals surface area contributed by atoms with Crippen LogP contribution in [0.1, 0.15) is 142 Å². The third-order valence-corrected chi connectivity index (χ3v) is 26.9. The molecular weight excluding hydrogens is 1870 g/mol. The van der Waals surface area contributed by atoms with Crippen LogP contribution in [0.15, 0.2) is 150 Å². The lowest BCUT2D eigenvalue weighted by Gasteiger charge is -2.19. The van der Waals surface area contributed by atoms with Crippen molar-refractivity contribution in [1.82, 2.24) is 40.4 Å². The first-order valence-electron chi connectivity index (χ1n) is 39.0. The van der Waals surface area contributed by atoms with Gasteiger partial charge in [0, 0.05) is 107 Å². The zero-order valence-corrected chi connectivity index (χ0v) is 73.6. The van der Waals surface area contributed by atoms with Crippen molar-refractivity contribution < 1.29 is 160 Å². The number of anilines is 2. The number of aromatic nitrogens is 4. The number of aromatic carboxylic acids is 2. The molecule has 0 spiro atoms. The van der Waals surface area contributed by atoms with Crippen LogP contribution in [0.4, 0.5) is 11.6 Å². The Bertz CT molecular complexity index is 6790. The highest BCUT2D eigenvalue weighted by Crippen LogP contribution is 2.68. The molecule has 2 aliphatic carbocycles. The monoisotopic (exact) mass is 1950 g/mol. The van der Waals surface area contributed by atoms with Gasteiger partial charge in [-0.1, -0.05) is 42.6 Å². The quantitative estimate of drug-likeness (QED) is 0.00800. The number of nitrogen functional groups attached to an aromatic ring is 2. The molecule has 6 heterocycles. The van der Waals surface area contributed by atoms with Crippen molar-refractivity contribution in [3.05, 3.63) is 196 Å². The van der Waals surface area contributed by atoms with Gasteiger partial charge in [0.2, 0.25) is 11.8 Å². The van der Waals surface area contributed by atoms with E-state index in [1.54, 1.807) is 12.1 Å². The number of hydrogen-bond acceptors (Lipinski definition) is 32. The summed E-state index contributed by atoms with van der Waals surface area (Å²) in [6.07, 6.45) is 2.65. The maximum Gasteiger partial charge on any atom is 0.490 e. The van der Waals surface area contributed by atoms with Gasteiger partial charge in [-0.25, -0.2) is 46.6 Å². The number of phenols is 2. The summed E-state index contributed by atoms with van der Waals surface area (Å²) in [4.78, 5) is 206. The molecule has 0 saturated carbocycles. The number of nitrogens with two attached hydrogens (primary N) is 2. The van der Waals surface area contributed by atoms with E-state index in [1.165, 1.54) is 109 Å². The highest BCUT2D eigenvalue weighted by Gasteiger charge is 2.44. The standard InChI is InChI=1S/2C39H40N5O19P3/c40-36-23(20-44(39(51)43-36)34-14-10-26(60-34)21-59-65(55,56)63-66(57,58)62-64(52,53)54)5-4-16-41-33(47)6-2-1-3-15-42-37(48)22-7-11-27(38(49)50)30(17-22)35-28-12-8-24(45)18-31(28)61-32-19-25(46)9-13-29(32)35;40-36-23(20-44(39(51)43-36)34-14-10-26(60-34)21-59-65(55,56)63-66(57,58)62-64(52,53)54)5-4-16-41-33(47)6-2-1-3-15-42-37(48)22-7-11-27(30(17-22)38(49)50)35-28-12-8-24(45)18-31(28)61-32-19-25(46)9-13-29(32)35/h2*7-9,11-13,17-20,26,34,45H,1-3,6,10,14-16,21H2,(H,41,47)(H,42,48)(H,49,50)(H,55,56)(H,57,58)(H2,40,43,51)(H2,52,53,54)/t2*26-,34+/m00/s1. The lowest BCUT2D eigenvalue weighted by Crippen LogP contribution is -2.29. The van der Waals surface area contributed by atoms with E-state index in [-0.39, 0.29) is 178 Å². The van der Waals surface area contributed by atoms with Crippen LogP contribution in [-0.2, 0) is 72.7 Å². The van der Waals surface area contributed by atoms with Crippen LogP contribution in [0.2, 0.25) is 0 Å². The van der Waals surface area contributed by atoms with Gasteiger partial charge in [-0.15, -0.1) is 0 Å². The van der Waals surface area contributed by atoms with Crippen LogP contribution < -0.4 is 55.0 Å². The van der Waals surface area contributed by atoms with Crippen LogP contribution in [0, 0.1) is 23.7 Å². The summed E-state index contributed by atoms with van der Waals surface area (Å²) in [7, 11) is -33.3. The Morgan fingerprint density at radius 1 is 0.455 bits per heavy atom. The van der Waals surface area contributed by atoms with Crippen molar-refractivity contribution in [2.75, 3.05) is 50.9 Å². The largest absolute Gasteiger partial charge is 0.508 e. The van der Waals surface area contributed by atoms with E-state index in [4.69, 9.17) is 49.3 Å². The second-order valence-corrected chi connectivity index (χ2v) is 37.7. The van der Waals surface area contributed by atoms with E-state index < -0.39 is 120 Å². The number of aromatic hydroxyl groups is 2. The van der Waals surface area contributed by atoms with Gasteiger partial charge in [0.05, 0.1) is 60.8 Å². The number of amides is 4. The maximum absolute atomic E-state index is 13.2. The van der Waals surface area contributed by atoms with E-state index in [2.05, 4.69) is 81.2 Å². The fourth-order valence-electron chi connectivity index (χ4n) is 13.5. The number of carboxylic acids is 2. The third-order valence-electron chi connectivity index (χ3n) is 19.3. The number of ether oxygens (including phenoxy) is 2. The molecule has 2 aromatic heterocycles. The van der Waals surface area contributed by atoms with Crippen molar-refractivity contribution in [3.63, 3.8) is 0 Å². The van der Waals surface area contributed by atoms with E-state index in [1.807, 2.05) is 0 Å². The Labute approximate surface area is 742 Å². The Hall–Kier alpha value is -12.1. The highest BCUT2D eigenvalue weighted by molar-refractivity contribution is 7.67. The molecule has 0 bridgehead atoms. The average Bonchev–Trinajstić information content (AvgIpc) is 1.03. The number of nitrogens with zero attached hydrogens (tertiary/aromatic N) is 4. The Morgan fingerprint density at radius 2 is 0.864 bits per heavy atom. The minimum absolute atomic E-state index is 0.0931. The number of carbonyl (C=O) groups is 6. The Morgan fingerprint density at radius 3 is 1.29 bits per heavy atom. The molecule has 132 heavy (non-hydrogen) atoms. The highest BCUT2D eigenvalue weighted by atomic mass is 31.3. The van der Waals surface area contributed by atoms with E-state index >= 15 is 0 Å². The van der Waals surface area contributed by atoms with Crippen molar-refractivity contribution in [1.29, 1.82) is 0 Å². The number of phosphoric ester groups is 2. The predicted molar refractivity (Wildman–Crippen MR) is 459 cm³/mol. The molecule has 48 nitrogen and oxygen atoms in total. The topological polar surface area (TPSA) is 752 Å². The Balaban J connectivity index is 0.000000255. The number of benzene rings is 6. The molecule has 0 radical (unpaired) electrons. The third kappa shape index (κ3) is 28.0. The average molecular weight is 1950 g/mol. The summed E-state index contributed by atoms with van der Waals surface area (Å²) in [5.74, 6) is 6.39. The van der Waals surface area contributed by atoms with E-state index in [9.17, 15) is 115 Å². The SMILES string of the molecule is Nc1nc(=O)n([C@H]2CC[C@@H](COP(=O)(O)OP(=O)(O)OP(=O)(O)O)O2)cc1C#CCNC(=O)CCCCCNC(=O)c1ccc(-c2c3ccc(=O)cc-3oc3cc(O)ccc23)c(C(=O)O)c1.Nc1nc(=O)n([C@H]2CC[C@@H](COP(=O)(O)OP(=O)(O)OP(=O)(O)O)O2)cc1C#CCNC(=O)CCCCCNC(=O)c1ccc(C(=O)O)c(-c2c3ccc(=O)cc-3oc3cc(O)ccc23)c1. The van der Waals surface area contributed by atoms with Crippen LogP contribution in [0.5, 0.6) is 11.5 Å². The second kappa shape index (κ2) is 43.1.